The van der Waals surface area contributed by atoms with Crippen LogP contribution in [0.5, 0.6) is 0 Å². The Hall–Kier alpha value is -3.20. The average molecular weight is 470 g/mol. The number of likely N-dealkylation sites (tertiary alicyclic amines) is 1. The van der Waals surface area contributed by atoms with Gasteiger partial charge in [-0.25, -0.2) is 14.0 Å². The number of rotatable bonds is 4. The molecule has 34 heavy (non-hydrogen) atoms. The van der Waals surface area contributed by atoms with Gasteiger partial charge in [-0.3, -0.25) is 4.98 Å². The topological polar surface area (TPSA) is 89.0 Å². The molecule has 0 atom stereocenters. The summed E-state index contributed by atoms with van der Waals surface area (Å²) in [6, 6.07) is 8.95. The minimum absolute atomic E-state index is 0.0550. The molecule has 2 aliphatic rings. The minimum Gasteiger partial charge on any atom is -0.389 e. The summed E-state index contributed by atoms with van der Waals surface area (Å²) in [6.07, 6.45) is 2.90. The van der Waals surface area contributed by atoms with Gasteiger partial charge in [0.1, 0.15) is 5.82 Å². The Labute approximate surface area is 199 Å². The van der Waals surface area contributed by atoms with Crippen molar-refractivity contribution >= 4 is 17.7 Å². The van der Waals surface area contributed by atoms with Crippen molar-refractivity contribution in [3.05, 3.63) is 59.2 Å². The highest BCUT2D eigenvalue weighted by Gasteiger charge is 2.28. The Morgan fingerprint density at radius 2 is 1.85 bits per heavy atom. The Balaban J connectivity index is 1.27. The first-order valence-corrected chi connectivity index (χ1v) is 11.6. The molecular weight excluding hydrogens is 437 g/mol. The van der Waals surface area contributed by atoms with Crippen LogP contribution in [-0.2, 0) is 13.1 Å². The summed E-state index contributed by atoms with van der Waals surface area (Å²) in [5.74, 6) is -0.0460. The van der Waals surface area contributed by atoms with E-state index in [-0.39, 0.29) is 18.6 Å². The van der Waals surface area contributed by atoms with Crippen LogP contribution in [-0.4, -0.2) is 69.1 Å². The SMILES string of the molecule is CN(CC(C)(C)O)C(=O)N1CCC(c2ccc(NC(=O)N3Cc4cc(F)cnc4C3)cc2)CC1. The van der Waals surface area contributed by atoms with E-state index in [1.807, 2.05) is 29.2 Å². The third-order valence-electron chi connectivity index (χ3n) is 6.37. The molecule has 0 saturated carbocycles. The molecule has 2 aromatic rings. The van der Waals surface area contributed by atoms with Crippen molar-refractivity contribution in [2.75, 3.05) is 32.0 Å². The Morgan fingerprint density at radius 1 is 1.18 bits per heavy atom. The van der Waals surface area contributed by atoms with Crippen molar-refractivity contribution in [2.24, 2.45) is 0 Å². The van der Waals surface area contributed by atoms with Gasteiger partial charge in [0.25, 0.3) is 0 Å². The molecule has 9 heteroatoms. The van der Waals surface area contributed by atoms with Gasteiger partial charge < -0.3 is 25.1 Å². The van der Waals surface area contributed by atoms with Gasteiger partial charge in [-0.15, -0.1) is 0 Å². The van der Waals surface area contributed by atoms with Gasteiger partial charge in [0.05, 0.1) is 30.6 Å². The second kappa shape index (κ2) is 9.58. The molecule has 1 aromatic heterocycles. The highest BCUT2D eigenvalue weighted by molar-refractivity contribution is 5.89. The maximum Gasteiger partial charge on any atom is 0.322 e. The van der Waals surface area contributed by atoms with E-state index in [4.69, 9.17) is 0 Å². The number of benzene rings is 1. The standard InChI is InChI=1S/C25H32FN5O3/c1-25(2,34)16-29(3)24(33)30-10-8-18(9-11-30)17-4-6-21(7-5-17)28-23(32)31-14-19-12-20(26)13-27-22(19)15-31/h4-7,12-13,18,34H,8-11,14-16H2,1-3H3,(H,28,32). The predicted octanol–water partition coefficient (Wildman–Crippen LogP) is 3.77. The smallest absolute Gasteiger partial charge is 0.322 e. The summed E-state index contributed by atoms with van der Waals surface area (Å²) < 4.78 is 13.4. The number of carbonyl (C=O) groups excluding carboxylic acids is 2. The van der Waals surface area contributed by atoms with Crippen molar-refractivity contribution in [1.82, 2.24) is 19.7 Å². The second-order valence-electron chi connectivity index (χ2n) is 9.88. The zero-order chi connectivity index (χ0) is 24.5. The summed E-state index contributed by atoms with van der Waals surface area (Å²) in [4.78, 5) is 34.4. The second-order valence-corrected chi connectivity index (χ2v) is 9.88. The summed E-state index contributed by atoms with van der Waals surface area (Å²) in [7, 11) is 1.72. The molecule has 1 fully saturated rings. The fourth-order valence-corrected chi connectivity index (χ4v) is 4.71. The first-order chi connectivity index (χ1) is 16.1. The molecule has 0 radical (unpaired) electrons. The van der Waals surface area contributed by atoms with Crippen LogP contribution < -0.4 is 5.32 Å². The van der Waals surface area contributed by atoms with Crippen LogP contribution in [0.15, 0.2) is 36.5 Å². The fourth-order valence-electron chi connectivity index (χ4n) is 4.71. The maximum absolute atomic E-state index is 13.4. The van der Waals surface area contributed by atoms with Crippen molar-refractivity contribution in [2.45, 2.75) is 51.3 Å². The number of amides is 4. The van der Waals surface area contributed by atoms with E-state index in [0.717, 1.165) is 24.1 Å². The summed E-state index contributed by atoms with van der Waals surface area (Å²) >= 11 is 0. The van der Waals surface area contributed by atoms with Gasteiger partial charge >= 0.3 is 12.1 Å². The molecule has 0 bridgehead atoms. The van der Waals surface area contributed by atoms with Gasteiger partial charge in [-0.2, -0.15) is 0 Å². The van der Waals surface area contributed by atoms with Crippen LogP contribution in [0.25, 0.3) is 0 Å². The molecule has 182 valence electrons. The lowest BCUT2D eigenvalue weighted by atomic mass is 9.89. The lowest BCUT2D eigenvalue weighted by Gasteiger charge is -2.36. The summed E-state index contributed by atoms with van der Waals surface area (Å²) in [6.45, 7) is 5.71. The molecule has 1 saturated heterocycles. The normalized spacial score (nSPS) is 16.4. The zero-order valence-corrected chi connectivity index (χ0v) is 19.9. The zero-order valence-electron chi connectivity index (χ0n) is 19.9. The first kappa shape index (κ1) is 23.9. The van der Waals surface area contributed by atoms with Crippen LogP contribution in [0, 0.1) is 5.82 Å². The Bertz CT molecular complexity index is 1050. The molecule has 0 aliphatic carbocycles. The van der Waals surface area contributed by atoms with E-state index in [0.29, 0.717) is 37.8 Å². The van der Waals surface area contributed by atoms with Gasteiger partial charge in [-0.05, 0) is 61.9 Å². The quantitative estimate of drug-likeness (QED) is 0.714. The lowest BCUT2D eigenvalue weighted by molar-refractivity contribution is 0.0457. The molecule has 8 nitrogen and oxygen atoms in total. The van der Waals surface area contributed by atoms with Crippen LogP contribution in [0.1, 0.15) is 49.4 Å². The van der Waals surface area contributed by atoms with E-state index < -0.39 is 11.4 Å². The lowest BCUT2D eigenvalue weighted by Crippen LogP contribution is -2.48. The van der Waals surface area contributed by atoms with Crippen molar-refractivity contribution in [3.63, 3.8) is 0 Å². The largest absolute Gasteiger partial charge is 0.389 e. The van der Waals surface area contributed by atoms with Crippen LogP contribution >= 0.6 is 0 Å². The molecule has 2 aliphatic heterocycles. The molecule has 1 aromatic carbocycles. The number of aromatic nitrogens is 1. The van der Waals surface area contributed by atoms with E-state index in [2.05, 4.69) is 10.3 Å². The molecule has 0 unspecified atom stereocenters. The molecule has 0 spiro atoms. The number of urea groups is 2. The number of pyridine rings is 1. The average Bonchev–Trinajstić information content (AvgIpc) is 3.21. The number of halogens is 1. The number of carbonyl (C=O) groups is 2. The highest BCUT2D eigenvalue weighted by Crippen LogP contribution is 2.30. The Kier molecular flexibility index (Phi) is 6.74. The van der Waals surface area contributed by atoms with Crippen LogP contribution in [0.2, 0.25) is 0 Å². The predicted molar refractivity (Wildman–Crippen MR) is 127 cm³/mol. The molecule has 4 amide bonds. The van der Waals surface area contributed by atoms with Crippen LogP contribution in [0.3, 0.4) is 0 Å². The van der Waals surface area contributed by atoms with Crippen molar-refractivity contribution in [1.29, 1.82) is 0 Å². The molecular formula is C25H32FN5O3. The van der Waals surface area contributed by atoms with Gasteiger partial charge in [0, 0.05) is 32.4 Å². The molecule has 3 heterocycles. The van der Waals surface area contributed by atoms with Crippen molar-refractivity contribution < 1.29 is 19.1 Å². The maximum atomic E-state index is 13.4. The number of nitrogens with zero attached hydrogens (tertiary/aromatic N) is 4. The summed E-state index contributed by atoms with van der Waals surface area (Å²) in [5, 5.41) is 12.9. The number of piperidine rings is 1. The van der Waals surface area contributed by atoms with Gasteiger partial charge in [0.2, 0.25) is 0 Å². The van der Waals surface area contributed by atoms with E-state index in [1.54, 1.807) is 30.7 Å². The van der Waals surface area contributed by atoms with Crippen LogP contribution in [0.4, 0.5) is 19.7 Å². The number of hydrogen-bond donors (Lipinski definition) is 2. The third kappa shape index (κ3) is 5.64. The molecule has 2 N–H and O–H groups in total. The van der Waals surface area contributed by atoms with E-state index in [1.165, 1.54) is 17.8 Å². The monoisotopic (exact) mass is 469 g/mol. The minimum atomic E-state index is -0.923. The van der Waals surface area contributed by atoms with Gasteiger partial charge in [-0.1, -0.05) is 12.1 Å². The third-order valence-corrected chi connectivity index (χ3v) is 6.37. The van der Waals surface area contributed by atoms with Gasteiger partial charge in [0.15, 0.2) is 0 Å². The number of fused-ring (bicyclic) bond motifs is 1. The number of nitrogens with one attached hydrogen (secondary N) is 1. The first-order valence-electron chi connectivity index (χ1n) is 11.6. The number of likely N-dealkylation sites (N-methyl/N-ethyl adjacent to an activating group) is 1. The fraction of sp³-hybridized carbons (Fsp3) is 0.480. The number of hydrogen-bond acceptors (Lipinski definition) is 4. The molecule has 4 rings (SSSR count). The Morgan fingerprint density at radius 3 is 2.50 bits per heavy atom. The van der Waals surface area contributed by atoms with Crippen molar-refractivity contribution in [3.8, 4) is 0 Å². The summed E-state index contributed by atoms with van der Waals surface area (Å²) in [5.41, 5.74) is 2.42. The number of anilines is 1. The highest BCUT2D eigenvalue weighted by atomic mass is 19.1. The van der Waals surface area contributed by atoms with E-state index >= 15 is 0 Å². The number of aliphatic hydroxyl groups is 1. The van der Waals surface area contributed by atoms with E-state index in [9.17, 15) is 19.1 Å².